The number of hydrogen-bond donors (Lipinski definition) is 2. The Balaban J connectivity index is 1.29. The number of halogens is 2. The molecule has 0 bridgehead atoms. The van der Waals surface area contributed by atoms with Crippen LogP contribution in [0.5, 0.6) is 0 Å². The predicted molar refractivity (Wildman–Crippen MR) is 127 cm³/mol. The van der Waals surface area contributed by atoms with Gasteiger partial charge in [0, 0.05) is 17.4 Å². The van der Waals surface area contributed by atoms with Crippen LogP contribution in [0.1, 0.15) is 68.8 Å². The second kappa shape index (κ2) is 9.84. The topological polar surface area (TPSA) is 163 Å². The third-order valence-corrected chi connectivity index (χ3v) is 7.39. The van der Waals surface area contributed by atoms with Crippen LogP contribution in [0.25, 0.3) is 22.3 Å². The van der Waals surface area contributed by atoms with Gasteiger partial charge in [0.25, 0.3) is 0 Å². The molecule has 0 aliphatic heterocycles. The SMILES string of the molecule is CC(C)c1noc(C2CCC(OCc3ncnc4c(-c5cc(F)c(S(N)(=O)=O)cc5F)n[nH]c34)CC2)n1. The number of ether oxygens (including phenoxy) is 1. The minimum atomic E-state index is -4.43. The number of H-pyrrole nitrogens is 1. The predicted octanol–water partition coefficient (Wildman–Crippen LogP) is 3.69. The summed E-state index contributed by atoms with van der Waals surface area (Å²) in [5.74, 6) is -0.398. The summed E-state index contributed by atoms with van der Waals surface area (Å²) in [5.41, 5.74) is 0.912. The van der Waals surface area contributed by atoms with Crippen molar-refractivity contribution >= 4 is 21.1 Å². The lowest BCUT2D eigenvalue weighted by molar-refractivity contribution is 0.0104. The minimum absolute atomic E-state index is 0.00782. The molecule has 0 saturated heterocycles. The Hall–Kier alpha value is -3.36. The van der Waals surface area contributed by atoms with E-state index < -0.39 is 26.6 Å². The zero-order chi connectivity index (χ0) is 26.3. The molecule has 1 aliphatic rings. The van der Waals surface area contributed by atoms with Gasteiger partial charge in [-0.3, -0.25) is 5.10 Å². The molecule has 3 N–H and O–H groups in total. The Morgan fingerprint density at radius 1 is 1.16 bits per heavy atom. The van der Waals surface area contributed by atoms with Crippen molar-refractivity contribution in [1.29, 1.82) is 0 Å². The van der Waals surface area contributed by atoms with Crippen molar-refractivity contribution in [2.45, 2.75) is 69.0 Å². The van der Waals surface area contributed by atoms with Crippen LogP contribution >= 0.6 is 0 Å². The fourth-order valence-corrected chi connectivity index (χ4v) is 5.03. The van der Waals surface area contributed by atoms with E-state index in [4.69, 9.17) is 14.4 Å². The van der Waals surface area contributed by atoms with Crippen LogP contribution < -0.4 is 5.14 Å². The second-order valence-electron chi connectivity index (χ2n) is 9.35. The number of primary sulfonamides is 1. The summed E-state index contributed by atoms with van der Waals surface area (Å²) in [6, 6.07) is 1.26. The molecule has 3 heterocycles. The average molecular weight is 534 g/mol. The molecular formula is C23H25F2N7O4S. The molecule has 1 saturated carbocycles. The molecule has 4 aromatic rings. The van der Waals surface area contributed by atoms with Crippen molar-refractivity contribution in [2.75, 3.05) is 0 Å². The lowest BCUT2D eigenvalue weighted by Gasteiger charge is -2.26. The maximum atomic E-state index is 14.7. The third-order valence-electron chi connectivity index (χ3n) is 6.47. The Morgan fingerprint density at radius 3 is 2.59 bits per heavy atom. The first-order valence-electron chi connectivity index (χ1n) is 11.8. The quantitative estimate of drug-likeness (QED) is 0.361. The summed E-state index contributed by atoms with van der Waals surface area (Å²) in [6.07, 6.45) is 4.63. The van der Waals surface area contributed by atoms with Crippen molar-refractivity contribution in [3.8, 4) is 11.3 Å². The van der Waals surface area contributed by atoms with Gasteiger partial charge in [-0.25, -0.2) is 32.3 Å². The molecule has 37 heavy (non-hydrogen) atoms. The van der Waals surface area contributed by atoms with Crippen LogP contribution in [0.2, 0.25) is 0 Å². The number of aromatic amines is 1. The van der Waals surface area contributed by atoms with Crippen molar-refractivity contribution in [1.82, 2.24) is 30.3 Å². The number of rotatable bonds is 7. The molecule has 196 valence electrons. The van der Waals surface area contributed by atoms with Crippen LogP contribution in [0.3, 0.4) is 0 Å². The molecule has 5 rings (SSSR count). The van der Waals surface area contributed by atoms with Gasteiger partial charge in [0.05, 0.1) is 18.4 Å². The lowest BCUT2D eigenvalue weighted by atomic mass is 9.87. The highest BCUT2D eigenvalue weighted by atomic mass is 32.2. The molecule has 1 aromatic carbocycles. The molecule has 1 fully saturated rings. The summed E-state index contributed by atoms with van der Waals surface area (Å²) in [4.78, 5) is 12.0. The van der Waals surface area contributed by atoms with Gasteiger partial charge in [0.2, 0.25) is 15.9 Å². The van der Waals surface area contributed by atoms with Gasteiger partial charge in [-0.15, -0.1) is 0 Å². The molecule has 11 nitrogen and oxygen atoms in total. The van der Waals surface area contributed by atoms with Gasteiger partial charge in [-0.1, -0.05) is 19.0 Å². The largest absolute Gasteiger partial charge is 0.372 e. The van der Waals surface area contributed by atoms with E-state index in [2.05, 4.69) is 30.3 Å². The van der Waals surface area contributed by atoms with Gasteiger partial charge < -0.3 is 9.26 Å². The first-order chi connectivity index (χ1) is 17.6. The van der Waals surface area contributed by atoms with Gasteiger partial charge in [-0.2, -0.15) is 10.1 Å². The average Bonchev–Trinajstić information content (AvgIpc) is 3.52. The van der Waals surface area contributed by atoms with E-state index in [-0.39, 0.29) is 41.3 Å². The maximum Gasteiger partial charge on any atom is 0.241 e. The van der Waals surface area contributed by atoms with Gasteiger partial charge in [0.1, 0.15) is 39.6 Å². The number of nitrogens with one attached hydrogen (secondary N) is 1. The van der Waals surface area contributed by atoms with Crippen LogP contribution in [0, 0.1) is 11.6 Å². The summed E-state index contributed by atoms with van der Waals surface area (Å²) in [6.45, 7) is 4.20. The Kier molecular flexibility index (Phi) is 6.72. The minimum Gasteiger partial charge on any atom is -0.372 e. The Bertz CT molecular complexity index is 1550. The van der Waals surface area contributed by atoms with E-state index in [1.165, 1.54) is 6.33 Å². The Labute approximate surface area is 210 Å². The van der Waals surface area contributed by atoms with Crippen LogP contribution in [-0.4, -0.2) is 44.8 Å². The molecule has 0 radical (unpaired) electrons. The lowest BCUT2D eigenvalue weighted by Crippen LogP contribution is -2.21. The van der Waals surface area contributed by atoms with Crippen molar-refractivity contribution in [2.24, 2.45) is 5.14 Å². The summed E-state index contributed by atoms with van der Waals surface area (Å²) in [5, 5.41) is 15.8. The van der Waals surface area contributed by atoms with E-state index in [0.29, 0.717) is 29.0 Å². The number of sulfonamides is 1. The molecular weight excluding hydrogens is 508 g/mol. The molecule has 3 aromatic heterocycles. The van der Waals surface area contributed by atoms with Gasteiger partial charge in [-0.05, 0) is 37.8 Å². The number of nitrogens with two attached hydrogens (primary N) is 1. The number of nitrogens with zero attached hydrogens (tertiary/aromatic N) is 5. The van der Waals surface area contributed by atoms with E-state index >= 15 is 0 Å². The normalized spacial score (nSPS) is 18.6. The third kappa shape index (κ3) is 5.08. The summed E-state index contributed by atoms with van der Waals surface area (Å²) < 4.78 is 63.6. The molecule has 0 atom stereocenters. The molecule has 0 amide bonds. The summed E-state index contributed by atoms with van der Waals surface area (Å²) >= 11 is 0. The van der Waals surface area contributed by atoms with Crippen LogP contribution in [-0.2, 0) is 21.4 Å². The molecule has 0 unspecified atom stereocenters. The highest BCUT2D eigenvalue weighted by Crippen LogP contribution is 2.35. The Morgan fingerprint density at radius 2 is 1.92 bits per heavy atom. The van der Waals surface area contributed by atoms with Crippen LogP contribution in [0.15, 0.2) is 27.9 Å². The highest BCUT2D eigenvalue weighted by Gasteiger charge is 2.28. The van der Waals surface area contributed by atoms with Crippen molar-refractivity contribution < 1.29 is 26.5 Å². The second-order valence-corrected chi connectivity index (χ2v) is 10.9. The monoisotopic (exact) mass is 533 g/mol. The first kappa shape index (κ1) is 25.3. The van der Waals surface area contributed by atoms with E-state index in [1.54, 1.807) is 0 Å². The van der Waals surface area contributed by atoms with Gasteiger partial charge >= 0.3 is 0 Å². The van der Waals surface area contributed by atoms with E-state index in [1.807, 2.05) is 13.8 Å². The fraction of sp³-hybridized carbons (Fsp3) is 0.435. The first-order valence-corrected chi connectivity index (χ1v) is 13.3. The van der Waals surface area contributed by atoms with E-state index in [0.717, 1.165) is 31.7 Å². The fourth-order valence-electron chi connectivity index (χ4n) is 4.43. The standard InChI is InChI=1S/C23H25F2N7O4S/c1-11(2)22-29-23(36-32-22)12-3-5-13(6-4-12)35-9-17-20-21(28-10-27-17)19(30-31-20)14-7-16(25)18(8-15(14)24)37(26,33)34/h7-8,10-13H,3-6,9H2,1-2H3,(H,30,31)(H2,26,33,34). The molecule has 14 heteroatoms. The van der Waals surface area contributed by atoms with Crippen LogP contribution in [0.4, 0.5) is 8.78 Å². The molecule has 0 spiro atoms. The van der Waals surface area contributed by atoms with Crippen molar-refractivity contribution in [3.63, 3.8) is 0 Å². The number of hydrogen-bond acceptors (Lipinski definition) is 9. The molecule has 1 aliphatic carbocycles. The number of benzene rings is 1. The van der Waals surface area contributed by atoms with Gasteiger partial charge in [0.15, 0.2) is 5.82 Å². The number of aromatic nitrogens is 6. The zero-order valence-electron chi connectivity index (χ0n) is 20.1. The number of fused-ring (bicyclic) bond motifs is 1. The maximum absolute atomic E-state index is 14.7. The zero-order valence-corrected chi connectivity index (χ0v) is 20.9. The van der Waals surface area contributed by atoms with E-state index in [9.17, 15) is 17.2 Å². The summed E-state index contributed by atoms with van der Waals surface area (Å²) in [7, 11) is -4.43. The van der Waals surface area contributed by atoms with Crippen molar-refractivity contribution in [3.05, 3.63) is 47.5 Å². The smallest absolute Gasteiger partial charge is 0.241 e. The highest BCUT2D eigenvalue weighted by molar-refractivity contribution is 7.89.